The van der Waals surface area contributed by atoms with Crippen LogP contribution in [0.2, 0.25) is 0 Å². The number of hydrogen-bond donors (Lipinski definition) is 0. The number of nitrogens with zero attached hydrogens (tertiary/aromatic N) is 2. The molecule has 1 rings (SSSR count). The van der Waals surface area contributed by atoms with Crippen molar-refractivity contribution >= 4 is 11.6 Å². The Labute approximate surface area is 145 Å². The van der Waals surface area contributed by atoms with E-state index in [1.165, 1.54) is 25.0 Å². The zero-order chi connectivity index (χ0) is 17.8. The van der Waals surface area contributed by atoms with Gasteiger partial charge in [-0.2, -0.15) is 0 Å². The summed E-state index contributed by atoms with van der Waals surface area (Å²) in [5.41, 5.74) is 0.382. The minimum Gasteiger partial charge on any atom is -0.339 e. The molecule has 0 aliphatic carbocycles. The highest BCUT2D eigenvalue weighted by Crippen LogP contribution is 2.16. The first-order valence-corrected chi connectivity index (χ1v) is 9.13. The maximum Gasteiger partial charge on any atom is 0.270 e. The second kappa shape index (κ2) is 11.6. The van der Waals surface area contributed by atoms with E-state index in [2.05, 4.69) is 13.8 Å². The Morgan fingerprint density at radius 3 is 2.08 bits per heavy atom. The average molecular weight is 334 g/mol. The molecule has 0 radical (unpaired) electrons. The van der Waals surface area contributed by atoms with Crippen LogP contribution in [0.5, 0.6) is 0 Å². The van der Waals surface area contributed by atoms with E-state index < -0.39 is 4.92 Å². The molecular formula is C19H30N2O3. The number of unbranched alkanes of at least 4 members (excludes halogenated alkanes) is 6. The lowest BCUT2D eigenvalue weighted by molar-refractivity contribution is -0.384. The number of non-ortho nitro benzene ring substituents is 1. The van der Waals surface area contributed by atoms with Gasteiger partial charge in [-0.1, -0.05) is 58.4 Å². The number of hydrogen-bond acceptors (Lipinski definition) is 3. The van der Waals surface area contributed by atoms with Gasteiger partial charge in [0.1, 0.15) is 0 Å². The van der Waals surface area contributed by atoms with Crippen molar-refractivity contribution in [2.24, 2.45) is 0 Å². The number of carbonyl (C=O) groups is 1. The molecule has 0 aliphatic heterocycles. The molecule has 1 amide bonds. The van der Waals surface area contributed by atoms with Gasteiger partial charge in [0.25, 0.3) is 11.6 Å². The average Bonchev–Trinajstić information content (AvgIpc) is 2.60. The highest BCUT2D eigenvalue weighted by molar-refractivity contribution is 5.94. The van der Waals surface area contributed by atoms with Gasteiger partial charge in [0.15, 0.2) is 0 Å². The second-order valence-corrected chi connectivity index (χ2v) is 6.22. The molecule has 0 heterocycles. The zero-order valence-electron chi connectivity index (χ0n) is 15.0. The summed E-state index contributed by atoms with van der Waals surface area (Å²) in [6, 6.07) is 6.05. The van der Waals surface area contributed by atoms with Crippen LogP contribution in [0, 0.1) is 10.1 Å². The van der Waals surface area contributed by atoms with Crippen molar-refractivity contribution in [1.29, 1.82) is 0 Å². The molecule has 0 fully saturated rings. The van der Waals surface area contributed by atoms with Crippen LogP contribution in [0.3, 0.4) is 0 Å². The fourth-order valence-corrected chi connectivity index (χ4v) is 2.71. The largest absolute Gasteiger partial charge is 0.339 e. The molecule has 1 aromatic carbocycles. The summed E-state index contributed by atoms with van der Waals surface area (Å²) < 4.78 is 0. The fourth-order valence-electron chi connectivity index (χ4n) is 2.71. The Morgan fingerprint density at radius 2 is 1.58 bits per heavy atom. The van der Waals surface area contributed by atoms with Crippen molar-refractivity contribution in [1.82, 2.24) is 4.90 Å². The number of rotatable bonds is 12. The summed E-state index contributed by atoms with van der Waals surface area (Å²) in [5, 5.41) is 10.9. The number of nitro benzene ring substituents is 1. The molecule has 134 valence electrons. The smallest absolute Gasteiger partial charge is 0.270 e. The molecule has 5 nitrogen and oxygen atoms in total. The summed E-state index contributed by atoms with van der Waals surface area (Å²) in [6.45, 7) is 5.79. The predicted molar refractivity (Wildman–Crippen MR) is 97.3 cm³/mol. The Hall–Kier alpha value is -1.91. The third kappa shape index (κ3) is 7.11. The summed E-state index contributed by atoms with van der Waals surface area (Å²) in [7, 11) is 0. The molecule has 5 heteroatoms. The van der Waals surface area contributed by atoms with E-state index in [9.17, 15) is 14.9 Å². The van der Waals surface area contributed by atoms with Crippen LogP contribution < -0.4 is 0 Å². The van der Waals surface area contributed by atoms with Crippen LogP contribution >= 0.6 is 0 Å². The third-order valence-corrected chi connectivity index (χ3v) is 4.15. The lowest BCUT2D eigenvalue weighted by Gasteiger charge is -2.23. The summed E-state index contributed by atoms with van der Waals surface area (Å²) >= 11 is 0. The Kier molecular flexibility index (Phi) is 9.73. The third-order valence-electron chi connectivity index (χ3n) is 4.15. The molecule has 0 saturated heterocycles. The van der Waals surface area contributed by atoms with Crippen molar-refractivity contribution in [3.8, 4) is 0 Å². The number of nitro groups is 1. The van der Waals surface area contributed by atoms with Gasteiger partial charge in [0.2, 0.25) is 0 Å². The van der Waals surface area contributed by atoms with E-state index in [-0.39, 0.29) is 11.6 Å². The summed E-state index contributed by atoms with van der Waals surface area (Å²) in [5.74, 6) is -0.0910. The van der Waals surface area contributed by atoms with Crippen molar-refractivity contribution in [2.45, 2.75) is 65.2 Å². The molecule has 0 bridgehead atoms. The predicted octanol–water partition coefficient (Wildman–Crippen LogP) is 5.20. The SMILES string of the molecule is CCCCCCN(CCCCCC)C(=O)c1cccc([N+](=O)[O-])c1. The van der Waals surface area contributed by atoms with Gasteiger partial charge in [0.05, 0.1) is 4.92 Å². The molecule has 0 aromatic heterocycles. The quantitative estimate of drug-likeness (QED) is 0.300. The van der Waals surface area contributed by atoms with Gasteiger partial charge < -0.3 is 4.90 Å². The zero-order valence-corrected chi connectivity index (χ0v) is 15.0. The molecule has 0 unspecified atom stereocenters. The number of carbonyl (C=O) groups excluding carboxylic acids is 1. The van der Waals surface area contributed by atoms with Crippen LogP contribution in [-0.2, 0) is 0 Å². The summed E-state index contributed by atoms with van der Waals surface area (Å²) in [4.78, 5) is 25.1. The Morgan fingerprint density at radius 1 is 1.00 bits per heavy atom. The highest BCUT2D eigenvalue weighted by Gasteiger charge is 2.17. The first kappa shape index (κ1) is 20.1. The maximum atomic E-state index is 12.8. The van der Waals surface area contributed by atoms with Crippen LogP contribution in [0.4, 0.5) is 5.69 Å². The highest BCUT2D eigenvalue weighted by atomic mass is 16.6. The second-order valence-electron chi connectivity index (χ2n) is 6.22. The van der Waals surface area contributed by atoms with Gasteiger partial charge in [-0.25, -0.2) is 0 Å². The molecule has 0 aliphatic rings. The monoisotopic (exact) mass is 334 g/mol. The topological polar surface area (TPSA) is 63.5 Å². The number of amides is 1. The van der Waals surface area contributed by atoms with Gasteiger partial charge >= 0.3 is 0 Å². The minimum absolute atomic E-state index is 0.0298. The normalized spacial score (nSPS) is 10.6. The molecule has 24 heavy (non-hydrogen) atoms. The van der Waals surface area contributed by atoms with Crippen LogP contribution in [-0.4, -0.2) is 28.8 Å². The Bertz CT molecular complexity index is 505. The van der Waals surface area contributed by atoms with Crippen LogP contribution in [0.25, 0.3) is 0 Å². The van der Waals surface area contributed by atoms with E-state index >= 15 is 0 Å². The molecule has 0 saturated carbocycles. The first-order chi connectivity index (χ1) is 11.6. The fraction of sp³-hybridized carbons (Fsp3) is 0.632. The summed E-state index contributed by atoms with van der Waals surface area (Å²) in [6.07, 6.45) is 8.88. The van der Waals surface area contributed by atoms with E-state index in [1.54, 1.807) is 12.1 Å². The minimum atomic E-state index is -0.455. The van der Waals surface area contributed by atoms with Crippen molar-refractivity contribution in [3.05, 3.63) is 39.9 Å². The van der Waals surface area contributed by atoms with Crippen LogP contribution in [0.15, 0.2) is 24.3 Å². The molecule has 0 atom stereocenters. The van der Waals surface area contributed by atoms with E-state index in [4.69, 9.17) is 0 Å². The van der Waals surface area contributed by atoms with Crippen molar-refractivity contribution < 1.29 is 9.72 Å². The molecule has 0 N–H and O–H groups in total. The van der Waals surface area contributed by atoms with Crippen molar-refractivity contribution in [3.63, 3.8) is 0 Å². The Balaban J connectivity index is 2.73. The number of benzene rings is 1. The van der Waals surface area contributed by atoms with Gasteiger partial charge in [-0.15, -0.1) is 0 Å². The molecular weight excluding hydrogens is 304 g/mol. The molecule has 0 spiro atoms. The first-order valence-electron chi connectivity index (χ1n) is 9.13. The van der Waals surface area contributed by atoms with E-state index in [0.717, 1.165) is 51.6 Å². The standard InChI is InChI=1S/C19H30N2O3/c1-3-5-7-9-14-20(15-10-8-6-4-2)19(22)17-12-11-13-18(16-17)21(23)24/h11-13,16H,3-10,14-15H2,1-2H3. The molecule has 1 aromatic rings. The van der Waals surface area contributed by atoms with Gasteiger partial charge in [-0.3, -0.25) is 14.9 Å². The van der Waals surface area contributed by atoms with Gasteiger partial charge in [-0.05, 0) is 18.9 Å². The van der Waals surface area contributed by atoms with E-state index in [0.29, 0.717) is 5.56 Å². The van der Waals surface area contributed by atoms with E-state index in [1.807, 2.05) is 4.90 Å². The lowest BCUT2D eigenvalue weighted by Crippen LogP contribution is -2.33. The van der Waals surface area contributed by atoms with Gasteiger partial charge in [0, 0.05) is 30.8 Å². The lowest BCUT2D eigenvalue weighted by atomic mass is 10.1. The van der Waals surface area contributed by atoms with Crippen LogP contribution in [0.1, 0.15) is 75.6 Å². The maximum absolute atomic E-state index is 12.8. The van der Waals surface area contributed by atoms with Crippen molar-refractivity contribution in [2.75, 3.05) is 13.1 Å².